The van der Waals surface area contributed by atoms with Crippen molar-refractivity contribution in [2.24, 2.45) is 0 Å². The van der Waals surface area contributed by atoms with Crippen LogP contribution in [-0.2, 0) is 23.9 Å². The molecule has 3 aromatic carbocycles. The van der Waals surface area contributed by atoms with Gasteiger partial charge in [-0.3, -0.25) is 0 Å². The van der Waals surface area contributed by atoms with Gasteiger partial charge in [0.25, 0.3) is 0 Å². The van der Waals surface area contributed by atoms with Crippen LogP contribution in [0.4, 0.5) is 24.5 Å². The number of anilines is 2. The Balaban J connectivity index is 1.40. The van der Waals surface area contributed by atoms with Gasteiger partial charge in [0.2, 0.25) is 0 Å². The van der Waals surface area contributed by atoms with Crippen LogP contribution in [0.5, 0.6) is 0 Å². The van der Waals surface area contributed by atoms with Gasteiger partial charge in [-0.1, -0.05) is 48.5 Å². The molecule has 0 fully saturated rings. The Labute approximate surface area is 184 Å². The second-order valence-electron chi connectivity index (χ2n) is 7.27. The third kappa shape index (κ3) is 5.56. The van der Waals surface area contributed by atoms with Gasteiger partial charge in [0.05, 0.1) is 24.5 Å². The molecular formula is C25H22F3N3O. The zero-order valence-corrected chi connectivity index (χ0v) is 17.2. The van der Waals surface area contributed by atoms with Crippen LogP contribution < -0.4 is 5.32 Å². The van der Waals surface area contributed by atoms with Crippen molar-refractivity contribution in [3.63, 3.8) is 0 Å². The van der Waals surface area contributed by atoms with Crippen LogP contribution in [0.25, 0.3) is 11.3 Å². The lowest BCUT2D eigenvalue weighted by Gasteiger charge is -2.12. The molecule has 1 aromatic heterocycles. The zero-order chi connectivity index (χ0) is 22.4. The third-order valence-electron chi connectivity index (χ3n) is 4.92. The number of halogens is 3. The smallest absolute Gasteiger partial charge is 0.376 e. The minimum Gasteiger partial charge on any atom is -0.376 e. The normalized spacial score (nSPS) is 11.5. The topological polar surface area (TPSA) is 49.9 Å². The lowest BCUT2D eigenvalue weighted by Crippen LogP contribution is -2.04. The van der Waals surface area contributed by atoms with E-state index in [4.69, 9.17) is 4.74 Å². The van der Waals surface area contributed by atoms with Gasteiger partial charge in [-0.25, -0.2) is 4.98 Å². The highest BCUT2D eigenvalue weighted by Gasteiger charge is 2.29. The Morgan fingerprint density at radius 1 is 0.875 bits per heavy atom. The number of aromatic nitrogens is 2. The number of H-pyrrole nitrogens is 1. The fourth-order valence-corrected chi connectivity index (χ4v) is 3.27. The summed E-state index contributed by atoms with van der Waals surface area (Å²) in [7, 11) is 0. The van der Waals surface area contributed by atoms with E-state index in [0.717, 1.165) is 40.5 Å². The Bertz CT molecular complexity index is 1140. The highest BCUT2D eigenvalue weighted by Crippen LogP contribution is 2.32. The first-order chi connectivity index (χ1) is 15.5. The predicted molar refractivity (Wildman–Crippen MR) is 119 cm³/mol. The molecule has 0 amide bonds. The fraction of sp³-hybridized carbons (Fsp3) is 0.160. The van der Waals surface area contributed by atoms with E-state index in [9.17, 15) is 13.2 Å². The first kappa shape index (κ1) is 21.6. The number of benzene rings is 3. The largest absolute Gasteiger partial charge is 0.416 e. The van der Waals surface area contributed by atoms with Crippen LogP contribution in [0.3, 0.4) is 0 Å². The maximum Gasteiger partial charge on any atom is 0.416 e. The van der Waals surface area contributed by atoms with Gasteiger partial charge in [-0.15, -0.1) is 0 Å². The third-order valence-corrected chi connectivity index (χ3v) is 4.92. The number of rotatable bonds is 8. The average molecular weight is 437 g/mol. The molecule has 4 nitrogen and oxygen atoms in total. The quantitative estimate of drug-likeness (QED) is 0.306. The maximum atomic E-state index is 12.8. The number of hydrogen-bond acceptors (Lipinski definition) is 3. The number of ether oxygens (including phenoxy) is 1. The van der Waals surface area contributed by atoms with Crippen LogP contribution in [-0.4, -0.2) is 16.6 Å². The van der Waals surface area contributed by atoms with Crippen molar-refractivity contribution >= 4 is 11.4 Å². The van der Waals surface area contributed by atoms with Crippen LogP contribution in [0, 0.1) is 0 Å². The molecule has 0 unspecified atom stereocenters. The summed E-state index contributed by atoms with van der Waals surface area (Å²) in [6, 6.07) is 22.5. The van der Waals surface area contributed by atoms with Crippen LogP contribution in [0.1, 0.15) is 17.0 Å². The molecule has 0 aliphatic carbocycles. The Morgan fingerprint density at radius 3 is 2.34 bits per heavy atom. The molecule has 4 rings (SSSR count). The van der Waals surface area contributed by atoms with Crippen molar-refractivity contribution in [2.75, 3.05) is 11.9 Å². The molecule has 1 heterocycles. The Kier molecular flexibility index (Phi) is 6.56. The predicted octanol–water partition coefficient (Wildman–Crippen LogP) is 6.60. The molecule has 0 aliphatic heterocycles. The van der Waals surface area contributed by atoms with E-state index in [1.54, 1.807) is 0 Å². The number of alkyl halides is 3. The number of nitrogens with one attached hydrogen (secondary N) is 2. The highest BCUT2D eigenvalue weighted by atomic mass is 19.4. The van der Waals surface area contributed by atoms with Crippen molar-refractivity contribution in [2.45, 2.75) is 19.2 Å². The molecule has 7 heteroatoms. The molecule has 32 heavy (non-hydrogen) atoms. The monoisotopic (exact) mass is 437 g/mol. The average Bonchev–Trinajstić information content (AvgIpc) is 3.26. The standard InChI is InChI=1S/C25H22F3N3O/c26-25(27,28)19-10-12-20(13-11-19)30-22-9-5-4-8-21(22)23-16-29-24(31-23)14-15-32-17-18-6-2-1-3-7-18/h1-13,16,30H,14-15,17H2,(H,29,31). The molecule has 164 valence electrons. The summed E-state index contributed by atoms with van der Waals surface area (Å²) in [4.78, 5) is 7.82. The second kappa shape index (κ2) is 9.70. The van der Waals surface area contributed by atoms with E-state index >= 15 is 0 Å². The van der Waals surface area contributed by atoms with Gasteiger partial charge < -0.3 is 15.0 Å². The maximum absolute atomic E-state index is 12.8. The van der Waals surface area contributed by atoms with Crippen molar-refractivity contribution in [3.8, 4) is 11.3 Å². The summed E-state index contributed by atoms with van der Waals surface area (Å²) in [5.74, 6) is 0.803. The second-order valence-corrected chi connectivity index (χ2v) is 7.27. The van der Waals surface area contributed by atoms with Crippen molar-refractivity contribution in [1.82, 2.24) is 9.97 Å². The first-order valence-electron chi connectivity index (χ1n) is 10.2. The van der Waals surface area contributed by atoms with Gasteiger partial charge in [0, 0.05) is 29.6 Å². The van der Waals surface area contributed by atoms with E-state index in [-0.39, 0.29) is 0 Å². The molecule has 0 saturated carbocycles. The Hall–Kier alpha value is -3.58. The lowest BCUT2D eigenvalue weighted by molar-refractivity contribution is -0.137. The lowest BCUT2D eigenvalue weighted by atomic mass is 10.1. The summed E-state index contributed by atoms with van der Waals surface area (Å²) in [5.41, 5.74) is 3.36. The molecule has 2 N–H and O–H groups in total. The minimum absolute atomic E-state index is 0.535. The summed E-state index contributed by atoms with van der Waals surface area (Å²) >= 11 is 0. The van der Waals surface area contributed by atoms with Crippen molar-refractivity contribution in [1.29, 1.82) is 0 Å². The Morgan fingerprint density at radius 2 is 1.59 bits per heavy atom. The summed E-state index contributed by atoms with van der Waals surface area (Å²) in [6.07, 6.45) is -1.90. The molecular weight excluding hydrogens is 415 g/mol. The van der Waals surface area contributed by atoms with Crippen LogP contribution in [0.15, 0.2) is 85.1 Å². The summed E-state index contributed by atoms with van der Waals surface area (Å²) in [5, 5.41) is 3.18. The van der Waals surface area contributed by atoms with Crippen molar-refractivity contribution in [3.05, 3.63) is 102 Å². The zero-order valence-electron chi connectivity index (χ0n) is 17.2. The number of hydrogen-bond donors (Lipinski definition) is 2. The van der Waals surface area contributed by atoms with Gasteiger partial charge in [0.15, 0.2) is 0 Å². The van der Waals surface area contributed by atoms with E-state index < -0.39 is 11.7 Å². The number of para-hydroxylation sites is 1. The molecule has 0 atom stereocenters. The molecule has 0 radical (unpaired) electrons. The minimum atomic E-state index is -4.35. The number of aromatic amines is 1. The summed E-state index contributed by atoms with van der Waals surface area (Å²) < 4.78 is 44.1. The van der Waals surface area contributed by atoms with E-state index in [2.05, 4.69) is 15.3 Å². The van der Waals surface area contributed by atoms with Crippen molar-refractivity contribution < 1.29 is 17.9 Å². The molecule has 4 aromatic rings. The molecule has 0 bridgehead atoms. The van der Waals surface area contributed by atoms with Gasteiger partial charge in [0.1, 0.15) is 5.82 Å². The first-order valence-corrected chi connectivity index (χ1v) is 10.2. The van der Waals surface area contributed by atoms with E-state index in [1.807, 2.05) is 60.8 Å². The van der Waals surface area contributed by atoms with E-state index in [0.29, 0.717) is 25.3 Å². The van der Waals surface area contributed by atoms with Gasteiger partial charge >= 0.3 is 6.18 Å². The number of nitrogens with zero attached hydrogens (tertiary/aromatic N) is 1. The SMILES string of the molecule is FC(F)(F)c1ccc(Nc2ccccc2-c2c[nH]c(CCOCc3ccccc3)n2)cc1. The fourth-order valence-electron chi connectivity index (χ4n) is 3.27. The molecule has 0 aliphatic rings. The van der Waals surface area contributed by atoms with Crippen LogP contribution in [0.2, 0.25) is 0 Å². The van der Waals surface area contributed by atoms with E-state index in [1.165, 1.54) is 12.1 Å². The number of imidazole rings is 1. The summed E-state index contributed by atoms with van der Waals surface area (Å²) in [6.45, 7) is 1.08. The van der Waals surface area contributed by atoms with Gasteiger partial charge in [-0.05, 0) is 35.9 Å². The molecule has 0 saturated heterocycles. The molecule has 0 spiro atoms. The van der Waals surface area contributed by atoms with Gasteiger partial charge in [-0.2, -0.15) is 13.2 Å². The highest BCUT2D eigenvalue weighted by molar-refractivity contribution is 5.79. The van der Waals surface area contributed by atoms with Crippen LogP contribution >= 0.6 is 0 Å².